The minimum atomic E-state index is -0.388. The standard InChI is InChI=1S/C18H20ClNO2/c19-16-11-9-15(10-12-16)17(13-21)20-18(22)8-4-7-14-5-2-1-3-6-14/h1-3,5-6,9-12,17,21H,4,7-8,13H2,(H,20,22). The third kappa shape index (κ3) is 5.17. The number of carbonyl (C=O) groups excluding carboxylic acids is 1. The molecule has 4 heteroatoms. The van der Waals surface area contributed by atoms with Crippen LogP contribution in [-0.4, -0.2) is 17.6 Å². The fourth-order valence-corrected chi connectivity index (χ4v) is 2.42. The molecule has 0 heterocycles. The lowest BCUT2D eigenvalue weighted by Crippen LogP contribution is -2.30. The average molecular weight is 318 g/mol. The third-order valence-electron chi connectivity index (χ3n) is 3.50. The molecular formula is C18H20ClNO2. The fourth-order valence-electron chi connectivity index (χ4n) is 2.29. The summed E-state index contributed by atoms with van der Waals surface area (Å²) in [5.41, 5.74) is 2.08. The van der Waals surface area contributed by atoms with Gasteiger partial charge in [0.2, 0.25) is 5.91 Å². The molecule has 2 aromatic carbocycles. The van der Waals surface area contributed by atoms with Crippen LogP contribution in [0.3, 0.4) is 0 Å². The van der Waals surface area contributed by atoms with Crippen LogP contribution < -0.4 is 5.32 Å². The van der Waals surface area contributed by atoms with Crippen molar-refractivity contribution in [3.63, 3.8) is 0 Å². The van der Waals surface area contributed by atoms with Crippen molar-refractivity contribution in [3.05, 3.63) is 70.7 Å². The zero-order chi connectivity index (χ0) is 15.8. The lowest BCUT2D eigenvalue weighted by molar-refractivity contribution is -0.122. The molecule has 0 aliphatic heterocycles. The number of carbonyl (C=O) groups is 1. The molecule has 0 bridgehead atoms. The lowest BCUT2D eigenvalue weighted by Gasteiger charge is -2.17. The predicted molar refractivity (Wildman–Crippen MR) is 88.8 cm³/mol. The van der Waals surface area contributed by atoms with Gasteiger partial charge in [-0.1, -0.05) is 54.1 Å². The Morgan fingerprint density at radius 3 is 2.41 bits per heavy atom. The van der Waals surface area contributed by atoms with Crippen LogP contribution in [0.4, 0.5) is 0 Å². The second-order valence-electron chi connectivity index (χ2n) is 5.19. The molecule has 1 unspecified atom stereocenters. The van der Waals surface area contributed by atoms with Crippen LogP contribution in [0, 0.1) is 0 Å². The van der Waals surface area contributed by atoms with Gasteiger partial charge in [0.05, 0.1) is 12.6 Å². The number of hydrogen-bond donors (Lipinski definition) is 2. The highest BCUT2D eigenvalue weighted by atomic mass is 35.5. The van der Waals surface area contributed by atoms with E-state index < -0.39 is 0 Å². The van der Waals surface area contributed by atoms with Crippen molar-refractivity contribution in [2.45, 2.75) is 25.3 Å². The van der Waals surface area contributed by atoms with E-state index in [-0.39, 0.29) is 18.6 Å². The van der Waals surface area contributed by atoms with Gasteiger partial charge in [-0.15, -0.1) is 0 Å². The summed E-state index contributed by atoms with van der Waals surface area (Å²) in [5, 5.41) is 12.9. The minimum Gasteiger partial charge on any atom is -0.394 e. The van der Waals surface area contributed by atoms with Crippen molar-refractivity contribution in [2.75, 3.05) is 6.61 Å². The van der Waals surface area contributed by atoms with E-state index in [1.165, 1.54) is 5.56 Å². The largest absolute Gasteiger partial charge is 0.394 e. The van der Waals surface area contributed by atoms with Gasteiger partial charge in [0.15, 0.2) is 0 Å². The maximum Gasteiger partial charge on any atom is 0.220 e. The fraction of sp³-hybridized carbons (Fsp3) is 0.278. The van der Waals surface area contributed by atoms with Crippen molar-refractivity contribution < 1.29 is 9.90 Å². The van der Waals surface area contributed by atoms with Crippen LogP contribution in [-0.2, 0) is 11.2 Å². The first-order valence-electron chi connectivity index (χ1n) is 7.38. The number of rotatable bonds is 7. The van der Waals surface area contributed by atoms with Gasteiger partial charge < -0.3 is 10.4 Å². The highest BCUT2D eigenvalue weighted by molar-refractivity contribution is 6.30. The monoisotopic (exact) mass is 317 g/mol. The zero-order valence-corrected chi connectivity index (χ0v) is 13.1. The smallest absolute Gasteiger partial charge is 0.220 e. The molecule has 0 aliphatic rings. The molecule has 0 aliphatic carbocycles. The summed E-state index contributed by atoms with van der Waals surface area (Å²) in [6.07, 6.45) is 2.10. The van der Waals surface area contributed by atoms with Gasteiger partial charge in [-0.05, 0) is 36.1 Å². The summed E-state index contributed by atoms with van der Waals surface area (Å²) < 4.78 is 0. The first-order valence-corrected chi connectivity index (χ1v) is 7.76. The average Bonchev–Trinajstić information content (AvgIpc) is 2.54. The molecular weight excluding hydrogens is 298 g/mol. The summed E-state index contributed by atoms with van der Waals surface area (Å²) in [6.45, 7) is -0.133. The Balaban J connectivity index is 1.81. The third-order valence-corrected chi connectivity index (χ3v) is 3.75. The van der Waals surface area contributed by atoms with E-state index in [4.69, 9.17) is 11.6 Å². The first kappa shape index (κ1) is 16.5. The highest BCUT2D eigenvalue weighted by Gasteiger charge is 2.13. The number of benzene rings is 2. The number of halogens is 1. The van der Waals surface area contributed by atoms with Crippen LogP contribution in [0.15, 0.2) is 54.6 Å². The summed E-state index contributed by atoms with van der Waals surface area (Å²) in [5.74, 6) is -0.0510. The van der Waals surface area contributed by atoms with E-state index in [9.17, 15) is 9.90 Å². The van der Waals surface area contributed by atoms with Crippen molar-refractivity contribution in [1.29, 1.82) is 0 Å². The Morgan fingerprint density at radius 2 is 1.77 bits per heavy atom. The van der Waals surface area contributed by atoms with E-state index in [2.05, 4.69) is 17.4 Å². The van der Waals surface area contributed by atoms with Gasteiger partial charge in [-0.2, -0.15) is 0 Å². The van der Waals surface area contributed by atoms with Gasteiger partial charge in [0.25, 0.3) is 0 Å². The van der Waals surface area contributed by atoms with Crippen LogP contribution in [0.1, 0.15) is 30.0 Å². The minimum absolute atomic E-state index is 0.0510. The van der Waals surface area contributed by atoms with Crippen molar-refractivity contribution in [1.82, 2.24) is 5.32 Å². The number of aliphatic hydroxyl groups is 1. The SMILES string of the molecule is O=C(CCCc1ccccc1)NC(CO)c1ccc(Cl)cc1. The van der Waals surface area contributed by atoms with E-state index in [1.807, 2.05) is 30.3 Å². The van der Waals surface area contributed by atoms with E-state index in [1.54, 1.807) is 12.1 Å². The number of aliphatic hydroxyl groups excluding tert-OH is 1. The zero-order valence-electron chi connectivity index (χ0n) is 12.3. The number of aryl methyl sites for hydroxylation is 1. The van der Waals surface area contributed by atoms with Crippen molar-refractivity contribution in [2.24, 2.45) is 0 Å². The maximum atomic E-state index is 12.0. The molecule has 0 saturated carbocycles. The predicted octanol–water partition coefficient (Wildman–Crippen LogP) is 3.51. The second kappa shape index (κ2) is 8.57. The molecule has 2 rings (SSSR count). The van der Waals surface area contributed by atoms with Gasteiger partial charge in [-0.3, -0.25) is 4.79 Å². The second-order valence-corrected chi connectivity index (χ2v) is 5.63. The Labute approximate surface area is 135 Å². The van der Waals surface area contributed by atoms with Gasteiger partial charge in [0, 0.05) is 11.4 Å². The molecule has 2 aromatic rings. The number of amides is 1. The molecule has 2 N–H and O–H groups in total. The normalized spacial score (nSPS) is 11.9. The number of hydrogen-bond acceptors (Lipinski definition) is 2. The molecule has 116 valence electrons. The lowest BCUT2D eigenvalue weighted by atomic mass is 10.1. The molecule has 22 heavy (non-hydrogen) atoms. The Kier molecular flexibility index (Phi) is 6.44. The topological polar surface area (TPSA) is 49.3 Å². The first-order chi connectivity index (χ1) is 10.7. The summed E-state index contributed by atoms with van der Waals surface area (Å²) in [4.78, 5) is 12.0. The van der Waals surface area contributed by atoms with E-state index in [0.717, 1.165) is 18.4 Å². The Morgan fingerprint density at radius 1 is 1.09 bits per heavy atom. The summed E-state index contributed by atoms with van der Waals surface area (Å²) in [6, 6.07) is 16.8. The summed E-state index contributed by atoms with van der Waals surface area (Å²) in [7, 11) is 0. The van der Waals surface area contributed by atoms with Crippen molar-refractivity contribution in [3.8, 4) is 0 Å². The quantitative estimate of drug-likeness (QED) is 0.821. The van der Waals surface area contributed by atoms with Gasteiger partial charge in [0.1, 0.15) is 0 Å². The highest BCUT2D eigenvalue weighted by Crippen LogP contribution is 2.16. The molecule has 0 spiro atoms. The molecule has 3 nitrogen and oxygen atoms in total. The molecule has 0 fully saturated rings. The molecule has 0 saturated heterocycles. The summed E-state index contributed by atoms with van der Waals surface area (Å²) >= 11 is 5.84. The molecule has 1 atom stereocenters. The van der Waals surface area contributed by atoms with Crippen molar-refractivity contribution >= 4 is 17.5 Å². The van der Waals surface area contributed by atoms with Crippen LogP contribution >= 0.6 is 11.6 Å². The molecule has 1 amide bonds. The van der Waals surface area contributed by atoms with E-state index >= 15 is 0 Å². The Bertz CT molecular complexity index is 584. The molecule has 0 aromatic heterocycles. The van der Waals surface area contributed by atoms with Crippen LogP contribution in [0.2, 0.25) is 5.02 Å². The van der Waals surface area contributed by atoms with Gasteiger partial charge >= 0.3 is 0 Å². The van der Waals surface area contributed by atoms with E-state index in [0.29, 0.717) is 11.4 Å². The van der Waals surface area contributed by atoms with Crippen LogP contribution in [0.25, 0.3) is 0 Å². The van der Waals surface area contributed by atoms with Crippen LogP contribution in [0.5, 0.6) is 0 Å². The van der Waals surface area contributed by atoms with Gasteiger partial charge in [-0.25, -0.2) is 0 Å². The number of nitrogens with one attached hydrogen (secondary N) is 1. The maximum absolute atomic E-state index is 12.0. The Hall–Kier alpha value is -1.84. The molecule has 0 radical (unpaired) electrons.